The number of carbonyl (C=O) groups excluding carboxylic acids is 1. The van der Waals surface area contributed by atoms with Crippen LogP contribution in [0.5, 0.6) is 5.75 Å². The highest BCUT2D eigenvalue weighted by Gasteiger charge is 2.13. The zero-order chi connectivity index (χ0) is 19.9. The van der Waals surface area contributed by atoms with Gasteiger partial charge in [0.1, 0.15) is 25.0 Å². The Hall–Kier alpha value is -4.17. The molecule has 0 saturated heterocycles. The average Bonchev–Trinajstić information content (AvgIpc) is 2.73. The molecule has 1 heterocycles. The molecule has 3 rings (SSSR count). The van der Waals surface area contributed by atoms with Crippen LogP contribution < -0.4 is 10.3 Å². The van der Waals surface area contributed by atoms with Crippen LogP contribution in [0.25, 0.3) is 10.9 Å². The lowest BCUT2D eigenvalue weighted by Gasteiger charge is -2.12. The number of esters is 1. The van der Waals surface area contributed by atoms with Gasteiger partial charge >= 0.3 is 5.97 Å². The molecule has 0 aliphatic carbocycles. The van der Waals surface area contributed by atoms with Crippen molar-refractivity contribution in [3.63, 3.8) is 0 Å². The van der Waals surface area contributed by atoms with Crippen molar-refractivity contribution in [3.05, 3.63) is 70.3 Å². The summed E-state index contributed by atoms with van der Waals surface area (Å²) in [7, 11) is 0. The number of hydrogen-bond donors (Lipinski definition) is 0. The van der Waals surface area contributed by atoms with Crippen LogP contribution in [0.15, 0.2) is 53.3 Å². The molecule has 0 radical (unpaired) electrons. The second kappa shape index (κ2) is 8.47. The second-order valence-electron chi connectivity index (χ2n) is 5.65. The van der Waals surface area contributed by atoms with Gasteiger partial charge in [-0.05, 0) is 24.3 Å². The van der Waals surface area contributed by atoms with E-state index >= 15 is 0 Å². The molecule has 8 heteroatoms. The van der Waals surface area contributed by atoms with E-state index in [-0.39, 0.29) is 30.3 Å². The van der Waals surface area contributed by atoms with E-state index < -0.39 is 12.6 Å². The standard InChI is InChI=1S/C20H14N4O4/c21-9-10-24-18(23-16-7-3-2-6-15(16)20(24)26)12-28-19(25)13-27-17-8-4-1-5-14(17)11-22/h1-8H,10,12-13H2. The van der Waals surface area contributed by atoms with Crippen molar-refractivity contribution >= 4 is 16.9 Å². The molecule has 0 aliphatic rings. The molecule has 0 fully saturated rings. The number of benzene rings is 2. The summed E-state index contributed by atoms with van der Waals surface area (Å²) in [6.45, 7) is -0.909. The van der Waals surface area contributed by atoms with Gasteiger partial charge in [0.25, 0.3) is 5.56 Å². The topological polar surface area (TPSA) is 118 Å². The molecule has 2 aromatic carbocycles. The molecule has 8 nitrogen and oxygen atoms in total. The molecule has 0 spiro atoms. The van der Waals surface area contributed by atoms with E-state index in [0.29, 0.717) is 16.5 Å². The van der Waals surface area contributed by atoms with Crippen LogP contribution in [0.1, 0.15) is 11.4 Å². The Bertz CT molecular complexity index is 1170. The van der Waals surface area contributed by atoms with Crippen molar-refractivity contribution in [2.75, 3.05) is 6.61 Å². The molecule has 3 aromatic rings. The summed E-state index contributed by atoms with van der Waals surface area (Å²) in [4.78, 5) is 28.9. The predicted octanol–water partition coefficient (Wildman–Crippen LogP) is 1.91. The number of nitriles is 2. The van der Waals surface area contributed by atoms with Crippen molar-refractivity contribution in [1.82, 2.24) is 9.55 Å². The zero-order valence-electron chi connectivity index (χ0n) is 14.7. The van der Waals surface area contributed by atoms with Crippen molar-refractivity contribution in [2.24, 2.45) is 0 Å². The first-order valence-corrected chi connectivity index (χ1v) is 8.27. The summed E-state index contributed by atoms with van der Waals surface area (Å²) in [6, 6.07) is 17.1. The Morgan fingerprint density at radius 3 is 2.64 bits per heavy atom. The molecule has 28 heavy (non-hydrogen) atoms. The largest absolute Gasteiger partial charge is 0.481 e. The van der Waals surface area contributed by atoms with Gasteiger partial charge < -0.3 is 9.47 Å². The molecule has 0 amide bonds. The molecule has 138 valence electrons. The highest BCUT2D eigenvalue weighted by molar-refractivity contribution is 5.77. The molecular formula is C20H14N4O4. The van der Waals surface area contributed by atoms with Gasteiger partial charge in [-0.1, -0.05) is 24.3 Å². The quantitative estimate of drug-likeness (QED) is 0.605. The van der Waals surface area contributed by atoms with E-state index in [2.05, 4.69) is 4.98 Å². The maximum atomic E-state index is 12.5. The van der Waals surface area contributed by atoms with Crippen LogP contribution in [0.3, 0.4) is 0 Å². The van der Waals surface area contributed by atoms with E-state index in [4.69, 9.17) is 20.0 Å². The third-order valence-corrected chi connectivity index (χ3v) is 3.88. The summed E-state index contributed by atoms with van der Waals surface area (Å²) in [5, 5.41) is 18.4. The van der Waals surface area contributed by atoms with Crippen LogP contribution in [0.2, 0.25) is 0 Å². The Balaban J connectivity index is 1.73. The van der Waals surface area contributed by atoms with Gasteiger partial charge in [0, 0.05) is 0 Å². The van der Waals surface area contributed by atoms with Gasteiger partial charge in [0.2, 0.25) is 0 Å². The Labute approximate surface area is 159 Å². The first-order chi connectivity index (χ1) is 13.6. The third kappa shape index (κ3) is 3.97. The summed E-state index contributed by atoms with van der Waals surface area (Å²) in [5.41, 5.74) is 0.374. The lowest BCUT2D eigenvalue weighted by atomic mass is 10.2. The smallest absolute Gasteiger partial charge is 0.344 e. The minimum Gasteiger partial charge on any atom is -0.481 e. The number of fused-ring (bicyclic) bond motifs is 1. The first kappa shape index (κ1) is 18.6. The fourth-order valence-corrected chi connectivity index (χ4v) is 2.57. The first-order valence-electron chi connectivity index (χ1n) is 8.27. The number of carbonyl (C=O) groups is 1. The van der Waals surface area contributed by atoms with E-state index in [9.17, 15) is 9.59 Å². The maximum Gasteiger partial charge on any atom is 0.344 e. The minimum atomic E-state index is -0.696. The van der Waals surface area contributed by atoms with Crippen LogP contribution >= 0.6 is 0 Å². The maximum absolute atomic E-state index is 12.5. The lowest BCUT2D eigenvalue weighted by Crippen LogP contribution is -2.26. The van der Waals surface area contributed by atoms with Gasteiger partial charge in [-0.25, -0.2) is 9.78 Å². The zero-order valence-corrected chi connectivity index (χ0v) is 14.7. The number of hydrogen-bond acceptors (Lipinski definition) is 7. The van der Waals surface area contributed by atoms with Gasteiger partial charge in [-0.2, -0.15) is 10.5 Å². The van der Waals surface area contributed by atoms with Crippen LogP contribution in [-0.2, 0) is 22.7 Å². The van der Waals surface area contributed by atoms with Crippen molar-refractivity contribution in [1.29, 1.82) is 10.5 Å². The monoisotopic (exact) mass is 374 g/mol. The van der Waals surface area contributed by atoms with E-state index in [1.807, 2.05) is 12.1 Å². The predicted molar refractivity (Wildman–Crippen MR) is 98.1 cm³/mol. The molecule has 0 bridgehead atoms. The number of ether oxygens (including phenoxy) is 2. The Morgan fingerprint density at radius 2 is 1.86 bits per heavy atom. The second-order valence-corrected chi connectivity index (χ2v) is 5.65. The van der Waals surface area contributed by atoms with Crippen LogP contribution in [0, 0.1) is 22.7 Å². The Kier molecular flexibility index (Phi) is 5.63. The van der Waals surface area contributed by atoms with Crippen molar-refractivity contribution in [2.45, 2.75) is 13.2 Å². The molecule has 0 N–H and O–H groups in total. The summed E-state index contributed by atoms with van der Waals surface area (Å²) < 4.78 is 11.6. The highest BCUT2D eigenvalue weighted by Crippen LogP contribution is 2.16. The van der Waals surface area contributed by atoms with Crippen molar-refractivity contribution < 1.29 is 14.3 Å². The van der Waals surface area contributed by atoms with Crippen LogP contribution in [-0.4, -0.2) is 22.1 Å². The van der Waals surface area contributed by atoms with E-state index in [1.54, 1.807) is 48.5 Å². The Morgan fingerprint density at radius 1 is 1.11 bits per heavy atom. The van der Waals surface area contributed by atoms with Crippen molar-refractivity contribution in [3.8, 4) is 17.9 Å². The highest BCUT2D eigenvalue weighted by atomic mass is 16.6. The molecule has 0 aliphatic heterocycles. The number of rotatable bonds is 6. The SMILES string of the molecule is N#CCn1c(COC(=O)COc2ccccc2C#N)nc2ccccc2c1=O. The fourth-order valence-electron chi connectivity index (χ4n) is 2.57. The molecule has 0 unspecified atom stereocenters. The average molecular weight is 374 g/mol. The number of nitrogens with zero attached hydrogens (tertiary/aromatic N) is 4. The van der Waals surface area contributed by atoms with Gasteiger partial charge in [0.05, 0.1) is 22.5 Å². The molecule has 0 atom stereocenters. The van der Waals surface area contributed by atoms with Gasteiger partial charge in [-0.15, -0.1) is 0 Å². The molecule has 1 aromatic heterocycles. The summed E-state index contributed by atoms with van der Waals surface area (Å²) in [5.74, 6) is -0.262. The minimum absolute atomic E-state index is 0.163. The summed E-state index contributed by atoms with van der Waals surface area (Å²) in [6.07, 6.45) is 0. The van der Waals surface area contributed by atoms with Gasteiger partial charge in [-0.3, -0.25) is 9.36 Å². The third-order valence-electron chi connectivity index (χ3n) is 3.88. The molecular weight excluding hydrogens is 360 g/mol. The molecule has 0 saturated carbocycles. The number of aromatic nitrogens is 2. The fraction of sp³-hybridized carbons (Fsp3) is 0.150. The van der Waals surface area contributed by atoms with Crippen LogP contribution in [0.4, 0.5) is 0 Å². The van der Waals surface area contributed by atoms with Gasteiger partial charge in [0.15, 0.2) is 12.4 Å². The lowest BCUT2D eigenvalue weighted by molar-refractivity contribution is -0.147. The number of para-hydroxylation sites is 2. The van der Waals surface area contributed by atoms with E-state index in [1.165, 1.54) is 4.57 Å². The summed E-state index contributed by atoms with van der Waals surface area (Å²) >= 11 is 0. The normalized spacial score (nSPS) is 10.1. The van der Waals surface area contributed by atoms with E-state index in [0.717, 1.165) is 0 Å².